The fraction of sp³-hybridized carbons (Fsp3) is 0.700. The Morgan fingerprint density at radius 3 is 2.52 bits per heavy atom. The van der Waals surface area contributed by atoms with Crippen LogP contribution in [-0.4, -0.2) is 65.5 Å². The largest absolute Gasteiger partial charge is 0.340 e. The van der Waals surface area contributed by atoms with Crippen LogP contribution < -0.4 is 10.7 Å². The van der Waals surface area contributed by atoms with Crippen molar-refractivity contribution < 1.29 is 9.18 Å². The number of nitrogens with zero attached hydrogens (tertiary/aromatic N) is 2. The summed E-state index contributed by atoms with van der Waals surface area (Å²) in [5.41, 5.74) is 0.252. The summed E-state index contributed by atoms with van der Waals surface area (Å²) in [6, 6.07) is 1.86. The van der Waals surface area contributed by atoms with Crippen molar-refractivity contribution in [3.63, 3.8) is 0 Å². The van der Waals surface area contributed by atoms with Crippen LogP contribution in [-0.2, 0) is 4.79 Å². The molecule has 3 heterocycles. The predicted octanol–water partition coefficient (Wildman–Crippen LogP) is 1.65. The van der Waals surface area contributed by atoms with Gasteiger partial charge in [-0.3, -0.25) is 14.5 Å². The number of aromatic nitrogens is 1. The van der Waals surface area contributed by atoms with E-state index in [2.05, 4.69) is 20.1 Å². The van der Waals surface area contributed by atoms with Crippen molar-refractivity contribution in [3.8, 4) is 0 Å². The Bertz CT molecular complexity index is 683. The number of rotatable bonds is 2. The van der Waals surface area contributed by atoms with Crippen molar-refractivity contribution in [2.45, 2.75) is 57.5 Å². The van der Waals surface area contributed by atoms with Crippen molar-refractivity contribution in [2.24, 2.45) is 0 Å². The summed E-state index contributed by atoms with van der Waals surface area (Å²) < 4.78 is 12.1. The van der Waals surface area contributed by atoms with Gasteiger partial charge in [0.15, 0.2) is 11.4 Å². The maximum Gasteiger partial charge on any atom is 0.239 e. The third kappa shape index (κ3) is 5.39. The van der Waals surface area contributed by atoms with E-state index in [1.54, 1.807) is 6.92 Å². The van der Waals surface area contributed by atoms with Crippen molar-refractivity contribution in [1.29, 1.82) is 0 Å². The molecule has 27 heavy (non-hydrogen) atoms. The van der Waals surface area contributed by atoms with E-state index in [0.29, 0.717) is 11.5 Å². The third-order valence-electron chi connectivity index (χ3n) is 5.86. The molecule has 150 valence electrons. The second kappa shape index (κ2) is 9.46. The molecule has 2 saturated heterocycles. The Morgan fingerprint density at radius 2 is 1.93 bits per heavy atom. The number of nitrogens with one attached hydrogen (secondary N) is 2. The van der Waals surface area contributed by atoms with E-state index in [1.165, 1.54) is 32.0 Å². The quantitative estimate of drug-likeness (QED) is 0.768. The molecule has 0 aromatic carbocycles. The van der Waals surface area contributed by atoms with Crippen LogP contribution in [0.5, 0.6) is 0 Å². The van der Waals surface area contributed by atoms with Crippen molar-refractivity contribution in [1.82, 2.24) is 20.1 Å². The number of halogens is 1. The minimum atomic E-state index is -0.592. The van der Waals surface area contributed by atoms with Crippen LogP contribution in [0.15, 0.2) is 17.1 Å². The summed E-state index contributed by atoms with van der Waals surface area (Å²) in [5.74, 6) is -0.242. The summed E-state index contributed by atoms with van der Waals surface area (Å²) in [7, 11) is 0. The number of carbonyl (C=O) groups is 1. The van der Waals surface area contributed by atoms with E-state index in [9.17, 15) is 14.0 Å². The van der Waals surface area contributed by atoms with Gasteiger partial charge in [0, 0.05) is 50.0 Å². The van der Waals surface area contributed by atoms with Crippen LogP contribution in [0, 0.1) is 12.9 Å². The maximum absolute atomic E-state index is 12.4. The SMILES string of the molecule is Cc1c[nH]c(F)cc1=O.O=C([C@H]1CCCN1)N1CCCN(C2CCC2)CC1. The molecule has 3 fully saturated rings. The van der Waals surface area contributed by atoms with Crippen molar-refractivity contribution in [3.05, 3.63) is 34.0 Å². The molecule has 1 atom stereocenters. The molecule has 2 aliphatic heterocycles. The zero-order chi connectivity index (χ0) is 19.2. The lowest BCUT2D eigenvalue weighted by Crippen LogP contribution is -2.46. The molecule has 0 bridgehead atoms. The molecule has 1 aliphatic carbocycles. The molecule has 7 heteroatoms. The highest BCUT2D eigenvalue weighted by Crippen LogP contribution is 2.25. The van der Waals surface area contributed by atoms with Gasteiger partial charge in [-0.1, -0.05) is 6.42 Å². The highest BCUT2D eigenvalue weighted by molar-refractivity contribution is 5.82. The average molecular weight is 378 g/mol. The van der Waals surface area contributed by atoms with Gasteiger partial charge in [-0.15, -0.1) is 0 Å². The van der Waals surface area contributed by atoms with Crippen LogP contribution in [0.4, 0.5) is 4.39 Å². The molecule has 0 unspecified atom stereocenters. The highest BCUT2D eigenvalue weighted by atomic mass is 19.1. The van der Waals surface area contributed by atoms with Crippen LogP contribution in [0.25, 0.3) is 0 Å². The summed E-state index contributed by atoms with van der Waals surface area (Å²) in [5, 5.41) is 3.33. The molecule has 0 spiro atoms. The number of aryl methyl sites for hydroxylation is 1. The molecular weight excluding hydrogens is 347 g/mol. The molecule has 1 saturated carbocycles. The monoisotopic (exact) mass is 378 g/mol. The zero-order valence-electron chi connectivity index (χ0n) is 16.2. The Balaban J connectivity index is 0.000000197. The van der Waals surface area contributed by atoms with Crippen molar-refractivity contribution >= 4 is 5.91 Å². The Labute approximate surface area is 160 Å². The van der Waals surface area contributed by atoms with Gasteiger partial charge in [-0.2, -0.15) is 4.39 Å². The van der Waals surface area contributed by atoms with Crippen LogP contribution in [0.2, 0.25) is 0 Å². The van der Waals surface area contributed by atoms with E-state index in [1.807, 2.05) is 0 Å². The van der Waals surface area contributed by atoms with Crippen LogP contribution in [0.1, 0.15) is 44.1 Å². The predicted molar refractivity (Wildman–Crippen MR) is 103 cm³/mol. The minimum absolute atomic E-state index is 0.111. The van der Waals surface area contributed by atoms with Gasteiger partial charge in [0.25, 0.3) is 0 Å². The van der Waals surface area contributed by atoms with Gasteiger partial charge >= 0.3 is 0 Å². The van der Waals surface area contributed by atoms with Gasteiger partial charge in [-0.05, 0) is 45.6 Å². The first-order valence-electron chi connectivity index (χ1n) is 10.2. The lowest BCUT2D eigenvalue weighted by molar-refractivity contribution is -0.133. The van der Waals surface area contributed by atoms with E-state index in [-0.39, 0.29) is 11.5 Å². The standard InChI is InChI=1S/C14H25N3O.C6H6FNO/c18-14(13-6-2-7-15-13)17-9-3-8-16(10-11-17)12-4-1-5-12;1-4-3-8-6(7)2-5(4)9/h12-13,15H,1-11H2;2-3H,1H3,(H,8,9)/t13-;/m1./s1. The number of hydrogen-bond donors (Lipinski definition) is 2. The second-order valence-corrected chi connectivity index (χ2v) is 7.78. The number of pyridine rings is 1. The fourth-order valence-corrected chi connectivity index (χ4v) is 3.91. The van der Waals surface area contributed by atoms with Gasteiger partial charge in [0.05, 0.1) is 6.04 Å². The molecule has 0 radical (unpaired) electrons. The maximum atomic E-state index is 12.4. The normalized spacial score (nSPS) is 23.9. The smallest absolute Gasteiger partial charge is 0.239 e. The van der Waals surface area contributed by atoms with Gasteiger partial charge in [0.2, 0.25) is 5.91 Å². The van der Waals surface area contributed by atoms with Crippen molar-refractivity contribution in [2.75, 3.05) is 32.7 Å². The molecule has 4 rings (SSSR count). The molecule has 6 nitrogen and oxygen atoms in total. The molecule has 2 N–H and O–H groups in total. The molecule has 1 aromatic rings. The van der Waals surface area contributed by atoms with E-state index in [0.717, 1.165) is 57.5 Å². The number of hydrogen-bond acceptors (Lipinski definition) is 4. The summed E-state index contributed by atoms with van der Waals surface area (Å²) in [6.07, 6.45) is 8.82. The minimum Gasteiger partial charge on any atom is -0.340 e. The Morgan fingerprint density at radius 1 is 1.11 bits per heavy atom. The first-order chi connectivity index (χ1) is 13.0. The number of H-pyrrole nitrogens is 1. The Hall–Kier alpha value is -1.73. The van der Waals surface area contributed by atoms with Crippen LogP contribution >= 0.6 is 0 Å². The molecule has 3 aliphatic rings. The lowest BCUT2D eigenvalue weighted by atomic mass is 9.91. The molecule has 1 aromatic heterocycles. The fourth-order valence-electron chi connectivity index (χ4n) is 3.91. The first-order valence-corrected chi connectivity index (χ1v) is 10.2. The zero-order valence-corrected chi connectivity index (χ0v) is 16.2. The lowest BCUT2D eigenvalue weighted by Gasteiger charge is -2.36. The highest BCUT2D eigenvalue weighted by Gasteiger charge is 2.30. The second-order valence-electron chi connectivity index (χ2n) is 7.78. The molecule has 1 amide bonds. The summed E-state index contributed by atoms with van der Waals surface area (Å²) in [4.78, 5) is 29.9. The summed E-state index contributed by atoms with van der Waals surface area (Å²) >= 11 is 0. The van der Waals surface area contributed by atoms with E-state index >= 15 is 0 Å². The van der Waals surface area contributed by atoms with E-state index < -0.39 is 5.95 Å². The van der Waals surface area contributed by atoms with Gasteiger partial charge in [-0.25, -0.2) is 0 Å². The molecular formula is C20H31FN4O2. The van der Waals surface area contributed by atoms with E-state index in [4.69, 9.17) is 0 Å². The first kappa shape index (κ1) is 20.0. The Kier molecular flexibility index (Phi) is 7.01. The number of aromatic amines is 1. The third-order valence-corrected chi connectivity index (χ3v) is 5.86. The van der Waals surface area contributed by atoms with Gasteiger partial charge in [0.1, 0.15) is 0 Å². The topological polar surface area (TPSA) is 68.4 Å². The van der Waals surface area contributed by atoms with Gasteiger partial charge < -0.3 is 15.2 Å². The van der Waals surface area contributed by atoms with Crippen LogP contribution in [0.3, 0.4) is 0 Å². The summed E-state index contributed by atoms with van der Waals surface area (Å²) in [6.45, 7) is 6.81. The number of amides is 1. The number of carbonyl (C=O) groups excluding carboxylic acids is 1. The average Bonchev–Trinajstić information content (AvgIpc) is 3.04.